The molecule has 0 aliphatic carbocycles. The molecule has 0 radical (unpaired) electrons. The van der Waals surface area contributed by atoms with Gasteiger partial charge in [0.25, 0.3) is 0 Å². The van der Waals surface area contributed by atoms with Crippen LogP contribution in [0.3, 0.4) is 0 Å². The van der Waals surface area contributed by atoms with Crippen molar-refractivity contribution in [2.24, 2.45) is 11.1 Å². The summed E-state index contributed by atoms with van der Waals surface area (Å²) in [6.07, 6.45) is 0. The highest BCUT2D eigenvalue weighted by atomic mass is 16.5. The smallest absolute Gasteiger partial charge is 0.192 e. The molecule has 2 aromatic rings. The van der Waals surface area contributed by atoms with Crippen molar-refractivity contribution < 1.29 is 9.15 Å². The SMILES string of the molecule is Cc1nc2cc(N(C)CC3(CN)COC3)ccc2o1. The first-order valence-electron chi connectivity index (χ1n) is 6.48. The summed E-state index contributed by atoms with van der Waals surface area (Å²) in [6, 6.07) is 6.07. The summed E-state index contributed by atoms with van der Waals surface area (Å²) in [5, 5.41) is 0. The molecule has 3 rings (SSSR count). The number of benzene rings is 1. The van der Waals surface area contributed by atoms with E-state index >= 15 is 0 Å². The van der Waals surface area contributed by atoms with E-state index in [0.717, 1.165) is 36.5 Å². The van der Waals surface area contributed by atoms with Crippen LogP contribution in [0, 0.1) is 12.3 Å². The lowest BCUT2D eigenvalue weighted by molar-refractivity contribution is -0.101. The minimum Gasteiger partial charge on any atom is -0.441 e. The summed E-state index contributed by atoms with van der Waals surface area (Å²) in [7, 11) is 2.07. The zero-order valence-corrected chi connectivity index (χ0v) is 11.3. The summed E-state index contributed by atoms with van der Waals surface area (Å²) < 4.78 is 10.8. The van der Waals surface area contributed by atoms with Crippen LogP contribution >= 0.6 is 0 Å². The molecule has 0 spiro atoms. The highest BCUT2D eigenvalue weighted by molar-refractivity contribution is 5.77. The van der Waals surface area contributed by atoms with Crippen LogP contribution < -0.4 is 10.6 Å². The average molecular weight is 261 g/mol. The van der Waals surface area contributed by atoms with Gasteiger partial charge in [-0.25, -0.2) is 4.98 Å². The lowest BCUT2D eigenvalue weighted by Gasteiger charge is -2.43. The molecule has 1 aromatic heterocycles. The largest absolute Gasteiger partial charge is 0.441 e. The molecule has 2 N–H and O–H groups in total. The number of rotatable bonds is 4. The van der Waals surface area contributed by atoms with Crippen molar-refractivity contribution in [2.75, 3.05) is 38.3 Å². The van der Waals surface area contributed by atoms with Gasteiger partial charge in [0.2, 0.25) is 0 Å². The first kappa shape index (κ1) is 12.4. The molecule has 1 saturated heterocycles. The van der Waals surface area contributed by atoms with Crippen molar-refractivity contribution in [1.82, 2.24) is 4.98 Å². The molecule has 102 valence electrons. The van der Waals surface area contributed by atoms with Gasteiger partial charge in [-0.15, -0.1) is 0 Å². The number of anilines is 1. The zero-order valence-electron chi connectivity index (χ0n) is 11.3. The van der Waals surface area contributed by atoms with E-state index in [-0.39, 0.29) is 5.41 Å². The van der Waals surface area contributed by atoms with Crippen molar-refractivity contribution in [1.29, 1.82) is 0 Å². The fraction of sp³-hybridized carbons (Fsp3) is 0.500. The molecule has 0 amide bonds. The predicted octanol–water partition coefficient (Wildman–Crippen LogP) is 1.55. The molecule has 1 aromatic carbocycles. The fourth-order valence-electron chi connectivity index (χ4n) is 2.53. The maximum atomic E-state index is 5.86. The van der Waals surface area contributed by atoms with E-state index < -0.39 is 0 Å². The predicted molar refractivity (Wildman–Crippen MR) is 74.3 cm³/mol. The molecule has 19 heavy (non-hydrogen) atoms. The molecule has 2 heterocycles. The topological polar surface area (TPSA) is 64.5 Å². The van der Waals surface area contributed by atoms with Crippen LogP contribution in [0.25, 0.3) is 11.1 Å². The number of oxazole rings is 1. The lowest BCUT2D eigenvalue weighted by atomic mass is 9.85. The number of nitrogens with zero attached hydrogens (tertiary/aromatic N) is 2. The molecule has 5 heteroatoms. The Bertz CT molecular complexity index is 584. The zero-order chi connectivity index (χ0) is 13.5. The number of aryl methyl sites for hydroxylation is 1. The minimum atomic E-state index is 0.101. The van der Waals surface area contributed by atoms with Gasteiger partial charge in [-0.2, -0.15) is 0 Å². The van der Waals surface area contributed by atoms with Crippen LogP contribution in [0.2, 0.25) is 0 Å². The van der Waals surface area contributed by atoms with E-state index in [9.17, 15) is 0 Å². The Balaban J connectivity index is 1.82. The van der Waals surface area contributed by atoms with Gasteiger partial charge < -0.3 is 19.8 Å². The van der Waals surface area contributed by atoms with E-state index in [1.165, 1.54) is 0 Å². The van der Waals surface area contributed by atoms with E-state index in [4.69, 9.17) is 14.9 Å². The van der Waals surface area contributed by atoms with Gasteiger partial charge >= 0.3 is 0 Å². The van der Waals surface area contributed by atoms with Crippen LogP contribution in [0.5, 0.6) is 0 Å². The number of hydrogen-bond acceptors (Lipinski definition) is 5. The maximum absolute atomic E-state index is 5.86. The third-order valence-corrected chi connectivity index (χ3v) is 3.74. The van der Waals surface area contributed by atoms with E-state index in [0.29, 0.717) is 12.4 Å². The molecule has 0 bridgehead atoms. The second-order valence-electron chi connectivity index (χ2n) is 5.44. The monoisotopic (exact) mass is 261 g/mol. The van der Waals surface area contributed by atoms with Gasteiger partial charge in [-0.1, -0.05) is 0 Å². The third-order valence-electron chi connectivity index (χ3n) is 3.74. The van der Waals surface area contributed by atoms with Crippen molar-refractivity contribution in [3.8, 4) is 0 Å². The molecule has 0 unspecified atom stereocenters. The highest BCUT2D eigenvalue weighted by Crippen LogP contribution is 2.30. The number of ether oxygens (including phenoxy) is 1. The Hall–Kier alpha value is -1.59. The summed E-state index contributed by atoms with van der Waals surface area (Å²) in [5.41, 5.74) is 8.81. The second-order valence-corrected chi connectivity index (χ2v) is 5.44. The summed E-state index contributed by atoms with van der Waals surface area (Å²) in [5.74, 6) is 0.695. The normalized spacial score (nSPS) is 17.4. The summed E-state index contributed by atoms with van der Waals surface area (Å²) >= 11 is 0. The molecular weight excluding hydrogens is 242 g/mol. The average Bonchev–Trinajstić information content (AvgIpc) is 2.72. The second kappa shape index (κ2) is 4.51. The number of fused-ring (bicyclic) bond motifs is 1. The quantitative estimate of drug-likeness (QED) is 0.904. The summed E-state index contributed by atoms with van der Waals surface area (Å²) in [6.45, 7) is 4.91. The fourth-order valence-corrected chi connectivity index (χ4v) is 2.53. The third kappa shape index (κ3) is 2.19. The van der Waals surface area contributed by atoms with Crippen LogP contribution in [0.15, 0.2) is 22.6 Å². The lowest BCUT2D eigenvalue weighted by Crippen LogP contribution is -2.54. The van der Waals surface area contributed by atoms with E-state index in [1.54, 1.807) is 0 Å². The number of nitrogens with two attached hydrogens (primary N) is 1. The van der Waals surface area contributed by atoms with E-state index in [1.807, 2.05) is 13.0 Å². The Morgan fingerprint density at radius 1 is 1.42 bits per heavy atom. The van der Waals surface area contributed by atoms with Crippen LogP contribution in [-0.4, -0.2) is 38.3 Å². The Labute approximate surface area is 112 Å². The molecule has 0 atom stereocenters. The minimum absolute atomic E-state index is 0.101. The Kier molecular flexibility index (Phi) is 2.95. The van der Waals surface area contributed by atoms with Crippen LogP contribution in [0.1, 0.15) is 5.89 Å². The number of hydrogen-bond donors (Lipinski definition) is 1. The molecular formula is C14H19N3O2. The van der Waals surface area contributed by atoms with Gasteiger partial charge in [0.05, 0.1) is 13.2 Å². The van der Waals surface area contributed by atoms with Crippen molar-refractivity contribution in [2.45, 2.75) is 6.92 Å². The van der Waals surface area contributed by atoms with Gasteiger partial charge in [0.1, 0.15) is 5.52 Å². The van der Waals surface area contributed by atoms with Crippen molar-refractivity contribution in [3.05, 3.63) is 24.1 Å². The van der Waals surface area contributed by atoms with Crippen molar-refractivity contribution in [3.63, 3.8) is 0 Å². The first-order valence-corrected chi connectivity index (χ1v) is 6.48. The summed E-state index contributed by atoms with van der Waals surface area (Å²) in [4.78, 5) is 6.57. The van der Waals surface area contributed by atoms with Crippen LogP contribution in [0.4, 0.5) is 5.69 Å². The van der Waals surface area contributed by atoms with Gasteiger partial charge in [-0.3, -0.25) is 0 Å². The van der Waals surface area contributed by atoms with Crippen LogP contribution in [-0.2, 0) is 4.74 Å². The number of aromatic nitrogens is 1. The molecule has 5 nitrogen and oxygen atoms in total. The standard InChI is InChI=1S/C14H19N3O2/c1-10-16-12-5-11(3-4-13(12)19-10)17(2)7-14(6-15)8-18-9-14/h3-5H,6-9,15H2,1-2H3. The highest BCUT2D eigenvalue weighted by Gasteiger charge is 2.38. The van der Waals surface area contributed by atoms with Gasteiger partial charge in [-0.05, 0) is 18.2 Å². The van der Waals surface area contributed by atoms with Gasteiger partial charge in [0, 0.05) is 38.2 Å². The Morgan fingerprint density at radius 3 is 2.84 bits per heavy atom. The molecule has 1 fully saturated rings. The molecule has 1 aliphatic heterocycles. The first-order chi connectivity index (χ1) is 9.12. The van der Waals surface area contributed by atoms with E-state index in [2.05, 4.69) is 29.1 Å². The van der Waals surface area contributed by atoms with Gasteiger partial charge in [0.15, 0.2) is 11.5 Å². The van der Waals surface area contributed by atoms with Crippen molar-refractivity contribution >= 4 is 16.8 Å². The molecule has 1 aliphatic rings. The molecule has 0 saturated carbocycles. The Morgan fingerprint density at radius 2 is 2.21 bits per heavy atom. The maximum Gasteiger partial charge on any atom is 0.192 e.